The Morgan fingerprint density at radius 3 is 2.77 bits per heavy atom. The van der Waals surface area contributed by atoms with Gasteiger partial charge in [-0.05, 0) is 24.0 Å². The highest BCUT2D eigenvalue weighted by atomic mass is 16.5. The Morgan fingerprint density at radius 1 is 1.17 bits per heavy atom. The van der Waals surface area contributed by atoms with E-state index < -0.39 is 0 Å². The fourth-order valence-corrected chi connectivity index (χ4v) is 4.00. The van der Waals surface area contributed by atoms with Gasteiger partial charge in [-0.2, -0.15) is 0 Å². The number of anilines is 1. The number of nitrogens with one attached hydrogen (secondary N) is 1. The highest BCUT2D eigenvalue weighted by Crippen LogP contribution is 2.25. The number of fused-ring (bicyclic) bond motifs is 2. The highest BCUT2D eigenvalue weighted by Gasteiger charge is 2.26. The number of hydrogen-bond donors (Lipinski definition) is 1. The summed E-state index contributed by atoms with van der Waals surface area (Å²) >= 11 is 0. The van der Waals surface area contributed by atoms with Gasteiger partial charge in [0.2, 0.25) is 11.9 Å². The molecule has 9 heteroatoms. The minimum atomic E-state index is -0.0488. The van der Waals surface area contributed by atoms with Crippen LogP contribution in [0.15, 0.2) is 42.9 Å². The minimum absolute atomic E-state index is 0.0432. The maximum atomic E-state index is 12.5. The third kappa shape index (κ3) is 4.02. The Bertz CT molecular complexity index is 1010. The normalized spacial score (nSPS) is 15.3. The van der Waals surface area contributed by atoms with Gasteiger partial charge in [0.15, 0.2) is 0 Å². The first-order chi connectivity index (χ1) is 14.7. The maximum absolute atomic E-state index is 12.5. The Hall–Kier alpha value is -3.33. The third-order valence-electron chi connectivity index (χ3n) is 5.56. The Balaban J connectivity index is 1.12. The van der Waals surface area contributed by atoms with Gasteiger partial charge in [-0.1, -0.05) is 29.5 Å². The van der Waals surface area contributed by atoms with Gasteiger partial charge in [-0.15, -0.1) is 5.10 Å². The summed E-state index contributed by atoms with van der Waals surface area (Å²) < 4.78 is 7.16. The molecule has 0 atom stereocenters. The van der Waals surface area contributed by atoms with Crippen molar-refractivity contribution in [3.8, 4) is 0 Å². The van der Waals surface area contributed by atoms with Crippen LogP contribution in [0.5, 0.6) is 0 Å². The number of nitrogens with zero attached hydrogens (tertiary/aromatic N) is 6. The summed E-state index contributed by atoms with van der Waals surface area (Å²) in [4.78, 5) is 23.4. The molecule has 1 amide bonds. The van der Waals surface area contributed by atoms with Crippen LogP contribution < -0.4 is 5.32 Å². The first-order valence-electron chi connectivity index (χ1n) is 10.1. The van der Waals surface area contributed by atoms with E-state index >= 15 is 0 Å². The van der Waals surface area contributed by atoms with Gasteiger partial charge in [0.1, 0.15) is 6.61 Å². The van der Waals surface area contributed by atoms with Crippen LogP contribution in [0.2, 0.25) is 0 Å². The van der Waals surface area contributed by atoms with Gasteiger partial charge >= 0.3 is 0 Å². The second kappa shape index (κ2) is 8.19. The smallest absolute Gasteiger partial charge is 0.249 e. The van der Waals surface area contributed by atoms with Crippen molar-refractivity contribution in [1.29, 1.82) is 0 Å². The highest BCUT2D eigenvalue weighted by molar-refractivity contribution is 5.78. The van der Waals surface area contributed by atoms with Crippen LogP contribution in [-0.4, -0.2) is 55.0 Å². The average molecular weight is 405 g/mol. The van der Waals surface area contributed by atoms with E-state index in [1.807, 2.05) is 6.20 Å². The van der Waals surface area contributed by atoms with E-state index in [4.69, 9.17) is 4.74 Å². The summed E-state index contributed by atoms with van der Waals surface area (Å²) in [5.74, 6) is 0.581. The lowest BCUT2D eigenvalue weighted by Gasteiger charge is -2.15. The van der Waals surface area contributed by atoms with Gasteiger partial charge in [-0.25, -0.2) is 9.97 Å². The van der Waals surface area contributed by atoms with Crippen molar-refractivity contribution >= 4 is 11.9 Å². The third-order valence-corrected chi connectivity index (χ3v) is 5.56. The van der Waals surface area contributed by atoms with Crippen LogP contribution in [0.4, 0.5) is 5.95 Å². The number of ether oxygens (including phenoxy) is 1. The molecule has 1 aliphatic carbocycles. The molecule has 30 heavy (non-hydrogen) atoms. The van der Waals surface area contributed by atoms with E-state index in [9.17, 15) is 4.79 Å². The molecule has 1 aromatic carbocycles. The SMILES string of the molecule is O=C(COCCn1ccnn1)N1Cc2cnc(NC3Cc4ccccc4C3)nc2C1. The van der Waals surface area contributed by atoms with Crippen molar-refractivity contribution in [2.24, 2.45) is 0 Å². The monoisotopic (exact) mass is 405 g/mol. The Labute approximate surface area is 174 Å². The largest absolute Gasteiger partial charge is 0.370 e. The molecule has 2 aromatic heterocycles. The van der Waals surface area contributed by atoms with E-state index in [-0.39, 0.29) is 12.5 Å². The van der Waals surface area contributed by atoms with E-state index in [1.54, 1.807) is 22.0 Å². The first-order valence-corrected chi connectivity index (χ1v) is 10.1. The molecule has 0 fully saturated rings. The van der Waals surface area contributed by atoms with Crippen molar-refractivity contribution in [1.82, 2.24) is 29.9 Å². The van der Waals surface area contributed by atoms with Crippen LogP contribution in [0.3, 0.4) is 0 Å². The molecular weight excluding hydrogens is 382 g/mol. The standard InChI is InChI=1S/C21H23N7O2/c29-20(14-30-8-7-28-6-5-23-26-28)27-12-17-11-22-21(25-19(17)13-27)24-18-9-15-3-1-2-4-16(15)10-18/h1-6,11,18H,7-10,12-14H2,(H,22,24,25). The van der Waals surface area contributed by atoms with E-state index in [2.05, 4.69) is 49.9 Å². The van der Waals surface area contributed by atoms with Crippen LogP contribution in [0.25, 0.3) is 0 Å². The molecule has 0 unspecified atom stereocenters. The zero-order valence-electron chi connectivity index (χ0n) is 16.6. The number of carbonyl (C=O) groups is 1. The van der Waals surface area contributed by atoms with Crippen molar-refractivity contribution < 1.29 is 9.53 Å². The predicted octanol–water partition coefficient (Wildman–Crippen LogP) is 1.21. The van der Waals surface area contributed by atoms with Gasteiger partial charge in [0.05, 0.1) is 31.6 Å². The van der Waals surface area contributed by atoms with E-state index in [0.717, 1.165) is 24.1 Å². The van der Waals surface area contributed by atoms with Crippen LogP contribution >= 0.6 is 0 Å². The Kier molecular flexibility index (Phi) is 5.10. The average Bonchev–Trinajstić information content (AvgIpc) is 3.49. The Morgan fingerprint density at radius 2 is 2.00 bits per heavy atom. The lowest BCUT2D eigenvalue weighted by Crippen LogP contribution is -2.29. The lowest BCUT2D eigenvalue weighted by atomic mass is 10.1. The van der Waals surface area contributed by atoms with Crippen LogP contribution in [0, 0.1) is 0 Å². The first kappa shape index (κ1) is 18.7. The summed E-state index contributed by atoms with van der Waals surface area (Å²) in [6.45, 7) is 2.03. The van der Waals surface area contributed by atoms with Gasteiger partial charge in [0, 0.05) is 30.5 Å². The minimum Gasteiger partial charge on any atom is -0.370 e. The number of aromatic nitrogens is 5. The maximum Gasteiger partial charge on any atom is 0.249 e. The molecule has 9 nitrogen and oxygen atoms in total. The topological polar surface area (TPSA) is 98.1 Å². The number of hydrogen-bond acceptors (Lipinski definition) is 7. The quantitative estimate of drug-likeness (QED) is 0.590. The molecule has 0 bridgehead atoms. The van der Waals surface area contributed by atoms with E-state index in [0.29, 0.717) is 38.2 Å². The molecule has 3 aromatic rings. The summed E-state index contributed by atoms with van der Waals surface area (Å²) in [6, 6.07) is 8.82. The molecule has 0 saturated carbocycles. The molecule has 3 heterocycles. The molecule has 0 radical (unpaired) electrons. The van der Waals surface area contributed by atoms with Gasteiger partial charge < -0.3 is 15.0 Å². The fraction of sp³-hybridized carbons (Fsp3) is 0.381. The summed E-state index contributed by atoms with van der Waals surface area (Å²) in [5, 5.41) is 11.1. The van der Waals surface area contributed by atoms with E-state index in [1.165, 1.54) is 11.1 Å². The molecule has 1 N–H and O–H groups in total. The van der Waals surface area contributed by atoms with Crippen molar-refractivity contribution in [3.05, 3.63) is 65.2 Å². The predicted molar refractivity (Wildman–Crippen MR) is 108 cm³/mol. The van der Waals surface area contributed by atoms with Gasteiger partial charge in [0.25, 0.3) is 0 Å². The molecule has 0 saturated heterocycles. The fourth-order valence-electron chi connectivity index (χ4n) is 4.00. The van der Waals surface area contributed by atoms with Gasteiger partial charge in [-0.3, -0.25) is 9.48 Å². The molecular formula is C21H23N7O2. The molecule has 1 aliphatic heterocycles. The summed E-state index contributed by atoms with van der Waals surface area (Å²) in [7, 11) is 0. The molecule has 5 rings (SSSR count). The zero-order valence-corrected chi connectivity index (χ0v) is 16.6. The molecule has 154 valence electrons. The van der Waals surface area contributed by atoms with Crippen molar-refractivity contribution in [2.45, 2.75) is 38.5 Å². The lowest BCUT2D eigenvalue weighted by molar-refractivity contribution is -0.136. The molecule has 0 spiro atoms. The summed E-state index contributed by atoms with van der Waals surface area (Å²) in [5.41, 5.74) is 4.67. The number of rotatable bonds is 7. The summed E-state index contributed by atoms with van der Waals surface area (Å²) in [6.07, 6.45) is 7.16. The van der Waals surface area contributed by atoms with Crippen molar-refractivity contribution in [3.63, 3.8) is 0 Å². The van der Waals surface area contributed by atoms with Crippen molar-refractivity contribution in [2.75, 3.05) is 18.5 Å². The second-order valence-corrected chi connectivity index (χ2v) is 7.65. The number of benzene rings is 1. The number of carbonyl (C=O) groups excluding carboxylic acids is 1. The number of amides is 1. The van der Waals surface area contributed by atoms with Crippen LogP contribution in [-0.2, 0) is 42.0 Å². The second-order valence-electron chi connectivity index (χ2n) is 7.65. The zero-order chi connectivity index (χ0) is 20.3. The molecule has 2 aliphatic rings. The van der Waals surface area contributed by atoms with Crippen LogP contribution in [0.1, 0.15) is 22.4 Å².